The number of phenolic OH excluding ortho intramolecular Hbond substituents is 1. The zero-order chi connectivity index (χ0) is 19.0. The first-order valence-electron chi connectivity index (χ1n) is 8.99. The topological polar surface area (TPSA) is 60.9 Å². The molecule has 0 aromatic heterocycles. The maximum absolute atomic E-state index is 13.3. The predicted octanol–water partition coefficient (Wildman–Crippen LogP) is 3.36. The fourth-order valence-corrected chi connectivity index (χ4v) is 5.28. The van der Waals surface area contributed by atoms with Crippen molar-refractivity contribution in [2.45, 2.75) is 11.8 Å². The number of anilines is 1. The number of aryl methyl sites for hydroxylation is 1. The van der Waals surface area contributed by atoms with Crippen LogP contribution in [0.4, 0.5) is 5.69 Å². The number of fused-ring (bicyclic) bond motifs is 1. The van der Waals surface area contributed by atoms with Gasteiger partial charge in [-0.05, 0) is 48.2 Å². The number of aromatic hydroxyl groups is 1. The molecule has 1 N–H and O–H groups in total. The van der Waals surface area contributed by atoms with Crippen LogP contribution >= 0.6 is 0 Å². The summed E-state index contributed by atoms with van der Waals surface area (Å²) in [6.07, 6.45) is 0. The molecule has 1 aliphatic rings. The second-order valence-electron chi connectivity index (χ2n) is 6.83. The van der Waals surface area contributed by atoms with Crippen LogP contribution in [0.3, 0.4) is 0 Å². The van der Waals surface area contributed by atoms with Crippen LogP contribution in [0.25, 0.3) is 10.8 Å². The van der Waals surface area contributed by atoms with Gasteiger partial charge in [-0.25, -0.2) is 8.42 Å². The molecule has 0 radical (unpaired) electrons. The van der Waals surface area contributed by atoms with Gasteiger partial charge in [-0.15, -0.1) is 0 Å². The lowest BCUT2D eigenvalue weighted by Gasteiger charge is -2.35. The summed E-state index contributed by atoms with van der Waals surface area (Å²) in [4.78, 5) is 2.51. The van der Waals surface area contributed by atoms with Gasteiger partial charge in [-0.3, -0.25) is 0 Å². The van der Waals surface area contributed by atoms with Crippen molar-refractivity contribution >= 4 is 26.5 Å². The van der Waals surface area contributed by atoms with Crippen LogP contribution in [0.2, 0.25) is 0 Å². The number of benzene rings is 3. The minimum Gasteiger partial charge on any atom is -0.508 e. The second-order valence-corrected chi connectivity index (χ2v) is 8.74. The van der Waals surface area contributed by atoms with Crippen LogP contribution < -0.4 is 4.90 Å². The number of hydrogen-bond acceptors (Lipinski definition) is 4. The maximum atomic E-state index is 13.3. The van der Waals surface area contributed by atoms with E-state index in [4.69, 9.17) is 0 Å². The number of phenols is 1. The van der Waals surface area contributed by atoms with Gasteiger partial charge in [0.05, 0.1) is 4.90 Å². The van der Waals surface area contributed by atoms with Crippen LogP contribution in [-0.4, -0.2) is 44.0 Å². The minimum absolute atomic E-state index is 0.228. The first kappa shape index (κ1) is 17.8. The van der Waals surface area contributed by atoms with Crippen molar-refractivity contribution in [3.05, 3.63) is 66.2 Å². The summed E-state index contributed by atoms with van der Waals surface area (Å²) in [7, 11) is -3.55. The molecule has 4 rings (SSSR count). The molecule has 1 heterocycles. The Kier molecular flexibility index (Phi) is 4.53. The molecule has 0 amide bonds. The van der Waals surface area contributed by atoms with E-state index in [0.29, 0.717) is 31.1 Å². The highest BCUT2D eigenvalue weighted by atomic mass is 32.2. The summed E-state index contributed by atoms with van der Waals surface area (Å²) < 4.78 is 28.1. The van der Waals surface area contributed by atoms with Crippen molar-refractivity contribution in [3.63, 3.8) is 0 Å². The standard InChI is InChI=1S/C21H22N2O3S/c1-16-4-2-6-20-19(16)5-3-7-21(20)27(25,26)23-14-12-22(13-15-23)17-8-10-18(24)11-9-17/h2-11,24H,12-15H2,1H3. The number of piperazine rings is 1. The van der Waals surface area contributed by atoms with E-state index >= 15 is 0 Å². The van der Waals surface area contributed by atoms with E-state index in [2.05, 4.69) is 4.90 Å². The maximum Gasteiger partial charge on any atom is 0.243 e. The summed E-state index contributed by atoms with van der Waals surface area (Å²) in [5.41, 5.74) is 2.06. The van der Waals surface area contributed by atoms with E-state index < -0.39 is 10.0 Å². The molecular weight excluding hydrogens is 360 g/mol. The Balaban J connectivity index is 1.59. The molecule has 3 aromatic carbocycles. The normalized spacial score (nSPS) is 16.0. The Morgan fingerprint density at radius 2 is 1.44 bits per heavy atom. The van der Waals surface area contributed by atoms with Gasteiger partial charge >= 0.3 is 0 Å². The smallest absolute Gasteiger partial charge is 0.243 e. The lowest BCUT2D eigenvalue weighted by molar-refractivity contribution is 0.385. The summed E-state index contributed by atoms with van der Waals surface area (Å²) in [6, 6.07) is 18.3. The van der Waals surface area contributed by atoms with Gasteiger partial charge in [0.2, 0.25) is 10.0 Å². The molecule has 0 saturated carbocycles. The lowest BCUT2D eigenvalue weighted by Crippen LogP contribution is -2.48. The molecule has 1 saturated heterocycles. The Hall–Kier alpha value is -2.57. The first-order chi connectivity index (χ1) is 13.0. The van der Waals surface area contributed by atoms with E-state index in [1.165, 1.54) is 0 Å². The largest absolute Gasteiger partial charge is 0.508 e. The van der Waals surface area contributed by atoms with Crippen molar-refractivity contribution < 1.29 is 13.5 Å². The Morgan fingerprint density at radius 1 is 0.815 bits per heavy atom. The minimum atomic E-state index is -3.55. The van der Waals surface area contributed by atoms with E-state index in [1.807, 2.05) is 49.4 Å². The zero-order valence-corrected chi connectivity index (χ0v) is 16.0. The van der Waals surface area contributed by atoms with Gasteiger partial charge in [0.15, 0.2) is 0 Å². The molecule has 6 heteroatoms. The molecule has 3 aromatic rings. The highest BCUT2D eigenvalue weighted by molar-refractivity contribution is 7.89. The molecule has 140 valence electrons. The van der Waals surface area contributed by atoms with Crippen LogP contribution in [0, 0.1) is 6.92 Å². The van der Waals surface area contributed by atoms with Crippen molar-refractivity contribution in [2.75, 3.05) is 31.1 Å². The molecule has 1 fully saturated rings. The molecule has 0 atom stereocenters. The van der Waals surface area contributed by atoms with Crippen molar-refractivity contribution in [2.24, 2.45) is 0 Å². The SMILES string of the molecule is Cc1cccc2c(S(=O)(=O)N3CCN(c4ccc(O)cc4)CC3)cccc12. The zero-order valence-electron chi connectivity index (χ0n) is 15.2. The Bertz CT molecular complexity index is 1070. The summed E-state index contributed by atoms with van der Waals surface area (Å²) in [5.74, 6) is 0.228. The third-order valence-electron chi connectivity index (χ3n) is 5.17. The van der Waals surface area contributed by atoms with Crippen molar-refractivity contribution in [1.82, 2.24) is 4.31 Å². The number of nitrogens with zero attached hydrogens (tertiary/aromatic N) is 2. The third kappa shape index (κ3) is 3.26. The van der Waals surface area contributed by atoms with Crippen LogP contribution in [0.15, 0.2) is 65.6 Å². The summed E-state index contributed by atoms with van der Waals surface area (Å²) in [5, 5.41) is 11.2. The van der Waals surface area contributed by atoms with Crippen molar-refractivity contribution in [3.8, 4) is 5.75 Å². The van der Waals surface area contributed by atoms with Crippen LogP contribution in [0.5, 0.6) is 5.75 Å². The summed E-state index contributed by atoms with van der Waals surface area (Å²) >= 11 is 0. The third-order valence-corrected chi connectivity index (χ3v) is 7.13. The number of hydrogen-bond donors (Lipinski definition) is 1. The first-order valence-corrected chi connectivity index (χ1v) is 10.4. The fourth-order valence-electron chi connectivity index (χ4n) is 3.65. The van der Waals surface area contributed by atoms with Gasteiger partial charge in [0.1, 0.15) is 5.75 Å². The Labute approximate surface area is 159 Å². The van der Waals surface area contributed by atoms with E-state index in [1.54, 1.807) is 22.5 Å². The molecule has 0 unspecified atom stereocenters. The molecule has 1 aliphatic heterocycles. The highest BCUT2D eigenvalue weighted by Crippen LogP contribution is 2.29. The average Bonchev–Trinajstić information content (AvgIpc) is 2.69. The van der Waals surface area contributed by atoms with E-state index in [0.717, 1.165) is 22.0 Å². The number of sulfonamides is 1. The highest BCUT2D eigenvalue weighted by Gasteiger charge is 2.29. The van der Waals surface area contributed by atoms with E-state index in [-0.39, 0.29) is 5.75 Å². The number of rotatable bonds is 3. The van der Waals surface area contributed by atoms with Crippen molar-refractivity contribution in [1.29, 1.82) is 0 Å². The van der Waals surface area contributed by atoms with Gasteiger partial charge < -0.3 is 10.0 Å². The second kappa shape index (κ2) is 6.87. The van der Waals surface area contributed by atoms with Gasteiger partial charge in [-0.1, -0.05) is 30.3 Å². The molecule has 0 spiro atoms. The predicted molar refractivity (Wildman–Crippen MR) is 108 cm³/mol. The fraction of sp³-hybridized carbons (Fsp3) is 0.238. The molecule has 5 nitrogen and oxygen atoms in total. The van der Waals surface area contributed by atoms with Gasteiger partial charge in [-0.2, -0.15) is 4.31 Å². The summed E-state index contributed by atoms with van der Waals surface area (Å²) in [6.45, 7) is 4.10. The monoisotopic (exact) mass is 382 g/mol. The van der Waals surface area contributed by atoms with Gasteiger partial charge in [0, 0.05) is 37.3 Å². The molecular formula is C21H22N2O3S. The molecule has 0 aliphatic carbocycles. The molecule has 27 heavy (non-hydrogen) atoms. The van der Waals surface area contributed by atoms with Gasteiger partial charge in [0.25, 0.3) is 0 Å². The Morgan fingerprint density at radius 3 is 2.15 bits per heavy atom. The lowest BCUT2D eigenvalue weighted by atomic mass is 10.1. The van der Waals surface area contributed by atoms with Crippen LogP contribution in [-0.2, 0) is 10.0 Å². The molecule has 0 bridgehead atoms. The van der Waals surface area contributed by atoms with E-state index in [9.17, 15) is 13.5 Å². The van der Waals surface area contributed by atoms with Crippen LogP contribution in [0.1, 0.15) is 5.56 Å². The average molecular weight is 382 g/mol. The quantitative estimate of drug-likeness (QED) is 0.755.